The molecule has 0 saturated carbocycles. The molecule has 0 fully saturated rings. The highest BCUT2D eigenvalue weighted by Gasteiger charge is 2.43. The van der Waals surface area contributed by atoms with Crippen molar-refractivity contribution < 1.29 is 14.3 Å². The van der Waals surface area contributed by atoms with Crippen molar-refractivity contribution in [2.24, 2.45) is 0 Å². The first-order valence-electron chi connectivity index (χ1n) is 9.17. The summed E-state index contributed by atoms with van der Waals surface area (Å²) >= 11 is 0. The van der Waals surface area contributed by atoms with Crippen molar-refractivity contribution in [3.8, 4) is 11.1 Å². The van der Waals surface area contributed by atoms with Crippen LogP contribution in [0, 0.1) is 0 Å². The number of H-pyrrole nitrogens is 1. The van der Waals surface area contributed by atoms with E-state index in [1.54, 1.807) is 0 Å². The van der Waals surface area contributed by atoms with Crippen molar-refractivity contribution in [3.05, 3.63) is 59.8 Å². The van der Waals surface area contributed by atoms with Crippen molar-refractivity contribution in [1.29, 1.82) is 0 Å². The quantitative estimate of drug-likeness (QED) is 0.680. The van der Waals surface area contributed by atoms with Crippen molar-refractivity contribution in [2.45, 2.75) is 38.9 Å². The second-order valence-corrected chi connectivity index (χ2v) is 6.77. The Morgan fingerprint density at radius 2 is 2.00 bits per heavy atom. The highest BCUT2D eigenvalue weighted by atomic mass is 16.7. The molecule has 1 atom stereocenters. The smallest absolute Gasteiger partial charge is 0.305 e. The zero-order valence-corrected chi connectivity index (χ0v) is 15.2. The second-order valence-electron chi connectivity index (χ2n) is 6.77. The minimum absolute atomic E-state index is 0.326. The summed E-state index contributed by atoms with van der Waals surface area (Å²) in [6, 6.07) is 16.7. The van der Waals surface area contributed by atoms with E-state index in [-0.39, 0.29) is 5.97 Å². The zero-order chi connectivity index (χ0) is 18.1. The van der Waals surface area contributed by atoms with Gasteiger partial charge in [0, 0.05) is 24.3 Å². The van der Waals surface area contributed by atoms with Crippen LogP contribution in [0.5, 0.6) is 0 Å². The topological polar surface area (TPSA) is 51.3 Å². The number of para-hydroxylation sites is 1. The number of fused-ring (bicyclic) bond motifs is 3. The summed E-state index contributed by atoms with van der Waals surface area (Å²) in [4.78, 5) is 15.4. The molecule has 0 saturated heterocycles. The number of aromatic nitrogens is 1. The normalized spacial score (nSPS) is 19.3. The van der Waals surface area contributed by atoms with Gasteiger partial charge in [0.05, 0.1) is 17.8 Å². The van der Waals surface area contributed by atoms with Crippen LogP contribution in [0.3, 0.4) is 0 Å². The van der Waals surface area contributed by atoms with E-state index >= 15 is 0 Å². The number of benzene rings is 2. The maximum Gasteiger partial charge on any atom is 0.305 e. The van der Waals surface area contributed by atoms with Crippen LogP contribution in [0.1, 0.15) is 37.9 Å². The number of hydrogen-bond donors (Lipinski definition) is 1. The van der Waals surface area contributed by atoms with Crippen LogP contribution in [0.4, 0.5) is 0 Å². The molecule has 0 bridgehead atoms. The Morgan fingerprint density at radius 3 is 2.73 bits per heavy atom. The molecule has 1 aliphatic heterocycles. The molecule has 4 heteroatoms. The minimum atomic E-state index is -1.01. The molecular weight excluding hydrogens is 326 g/mol. The van der Waals surface area contributed by atoms with Crippen LogP contribution in [-0.2, 0) is 26.5 Å². The summed E-state index contributed by atoms with van der Waals surface area (Å²) in [7, 11) is 0. The molecule has 2 heterocycles. The lowest BCUT2D eigenvalue weighted by Crippen LogP contribution is -2.39. The third-order valence-corrected chi connectivity index (χ3v) is 4.98. The van der Waals surface area contributed by atoms with Crippen LogP contribution in [0.2, 0.25) is 0 Å². The minimum Gasteiger partial charge on any atom is -0.427 e. The van der Waals surface area contributed by atoms with Gasteiger partial charge in [0.25, 0.3) is 5.79 Å². The van der Waals surface area contributed by atoms with Gasteiger partial charge in [-0.1, -0.05) is 55.5 Å². The summed E-state index contributed by atoms with van der Waals surface area (Å²) < 4.78 is 11.8. The molecule has 0 aliphatic carbocycles. The summed E-state index contributed by atoms with van der Waals surface area (Å²) in [5.74, 6) is -1.34. The summed E-state index contributed by atoms with van der Waals surface area (Å²) in [5, 5.41) is 1.18. The Labute approximate surface area is 153 Å². The van der Waals surface area contributed by atoms with Gasteiger partial charge < -0.3 is 14.5 Å². The molecule has 3 aromatic rings. The van der Waals surface area contributed by atoms with E-state index in [4.69, 9.17) is 9.47 Å². The van der Waals surface area contributed by atoms with Gasteiger partial charge in [0.1, 0.15) is 0 Å². The van der Waals surface area contributed by atoms with E-state index in [1.807, 2.05) is 18.2 Å². The lowest BCUT2D eigenvalue weighted by atomic mass is 9.95. The van der Waals surface area contributed by atoms with E-state index in [9.17, 15) is 4.79 Å². The van der Waals surface area contributed by atoms with E-state index in [0.717, 1.165) is 35.2 Å². The van der Waals surface area contributed by atoms with Gasteiger partial charge >= 0.3 is 5.97 Å². The fraction of sp³-hybridized carbons (Fsp3) is 0.318. The van der Waals surface area contributed by atoms with Crippen molar-refractivity contribution in [2.75, 3.05) is 6.61 Å². The highest BCUT2D eigenvalue weighted by molar-refractivity contribution is 5.97. The Balaban J connectivity index is 1.94. The van der Waals surface area contributed by atoms with Crippen LogP contribution >= 0.6 is 0 Å². The molecular formula is C22H23NO3. The first kappa shape index (κ1) is 16.9. The summed E-state index contributed by atoms with van der Waals surface area (Å²) in [6.45, 7) is 4.05. The average molecular weight is 349 g/mol. The molecule has 1 N–H and O–H groups in total. The van der Waals surface area contributed by atoms with Gasteiger partial charge in [-0.25, -0.2) is 0 Å². The molecule has 134 valence electrons. The molecule has 26 heavy (non-hydrogen) atoms. The second kappa shape index (κ2) is 6.61. The molecule has 4 nitrogen and oxygen atoms in total. The molecule has 1 aliphatic rings. The molecule has 0 radical (unpaired) electrons. The number of rotatable bonds is 4. The lowest BCUT2D eigenvalue weighted by molar-refractivity contribution is -0.247. The van der Waals surface area contributed by atoms with Crippen LogP contribution in [0.15, 0.2) is 48.5 Å². The standard InChI is InChI=1S/C22H23NO3/c1-3-13-22(26-15(2)24)21-19(12-14-25-22)18-11-7-10-17(20(18)23-21)16-8-5-4-6-9-16/h4-11,23H,3,12-14H2,1-2H3. The van der Waals surface area contributed by atoms with Crippen molar-refractivity contribution in [1.82, 2.24) is 4.98 Å². The van der Waals surface area contributed by atoms with Gasteiger partial charge in [-0.3, -0.25) is 4.79 Å². The fourth-order valence-corrected chi connectivity index (χ4v) is 4.00. The predicted octanol–water partition coefficient (Wildman–Crippen LogP) is 4.92. The van der Waals surface area contributed by atoms with Crippen molar-refractivity contribution >= 4 is 16.9 Å². The number of esters is 1. The fourth-order valence-electron chi connectivity index (χ4n) is 4.00. The molecule has 2 aromatic carbocycles. The Kier molecular flexibility index (Phi) is 4.29. The summed E-state index contributed by atoms with van der Waals surface area (Å²) in [6.07, 6.45) is 2.29. The van der Waals surface area contributed by atoms with Gasteiger partial charge in [-0.2, -0.15) is 0 Å². The molecule has 1 aromatic heterocycles. The molecule has 1 unspecified atom stereocenters. The molecule has 4 rings (SSSR count). The Hall–Kier alpha value is -2.59. The van der Waals surface area contributed by atoms with Gasteiger partial charge in [-0.05, 0) is 24.0 Å². The van der Waals surface area contributed by atoms with Crippen molar-refractivity contribution in [3.63, 3.8) is 0 Å². The van der Waals surface area contributed by atoms with E-state index in [0.29, 0.717) is 13.0 Å². The Morgan fingerprint density at radius 1 is 1.19 bits per heavy atom. The van der Waals surface area contributed by atoms with Gasteiger partial charge in [-0.15, -0.1) is 0 Å². The third kappa shape index (κ3) is 2.71. The first-order chi connectivity index (χ1) is 12.6. The third-order valence-electron chi connectivity index (χ3n) is 4.98. The molecule has 0 spiro atoms. The van der Waals surface area contributed by atoms with Crippen LogP contribution < -0.4 is 0 Å². The number of hydrogen-bond acceptors (Lipinski definition) is 3. The van der Waals surface area contributed by atoms with Gasteiger partial charge in [0.15, 0.2) is 0 Å². The SMILES string of the molecule is CCCC1(OC(C)=O)OCCc2c1[nH]c1c(-c3ccccc3)cccc21. The molecule has 0 amide bonds. The number of ether oxygens (including phenoxy) is 2. The number of aromatic amines is 1. The number of carbonyl (C=O) groups is 1. The van der Waals surface area contributed by atoms with Crippen LogP contribution in [-0.4, -0.2) is 17.6 Å². The summed E-state index contributed by atoms with van der Waals surface area (Å²) in [5.41, 5.74) is 5.46. The highest BCUT2D eigenvalue weighted by Crippen LogP contribution is 2.42. The maximum atomic E-state index is 11.8. The predicted molar refractivity (Wildman–Crippen MR) is 102 cm³/mol. The zero-order valence-electron chi connectivity index (χ0n) is 15.2. The van der Waals surface area contributed by atoms with E-state index < -0.39 is 5.79 Å². The lowest BCUT2D eigenvalue weighted by Gasteiger charge is -2.36. The first-order valence-corrected chi connectivity index (χ1v) is 9.17. The monoisotopic (exact) mass is 349 g/mol. The Bertz CT molecular complexity index is 945. The number of carbonyl (C=O) groups excluding carboxylic acids is 1. The van der Waals surface area contributed by atoms with E-state index in [2.05, 4.69) is 42.2 Å². The van der Waals surface area contributed by atoms with E-state index in [1.165, 1.54) is 17.9 Å². The number of nitrogens with one attached hydrogen (secondary N) is 1. The maximum absolute atomic E-state index is 11.8. The van der Waals surface area contributed by atoms with Crippen LogP contribution in [0.25, 0.3) is 22.0 Å². The average Bonchev–Trinajstić information content (AvgIpc) is 3.03. The largest absolute Gasteiger partial charge is 0.427 e. The van der Waals surface area contributed by atoms with Gasteiger partial charge in [0.2, 0.25) is 0 Å².